The van der Waals surface area contributed by atoms with Gasteiger partial charge in [0.1, 0.15) is 6.33 Å². The second-order valence-electron chi connectivity index (χ2n) is 7.58. The number of carbonyl (C=O) groups is 1. The zero-order valence-corrected chi connectivity index (χ0v) is 15.3. The molecular formula is C22H22N4O. The number of nitrogens with zero attached hydrogens (tertiary/aromatic N) is 4. The smallest absolute Gasteiger partial charge is 0.233 e. The molecule has 0 spiro atoms. The zero-order chi connectivity index (χ0) is 18.4. The van der Waals surface area contributed by atoms with Crippen molar-refractivity contribution in [1.29, 1.82) is 0 Å². The third-order valence-electron chi connectivity index (χ3n) is 5.63. The Bertz CT molecular complexity index is 959. The number of aromatic nitrogens is 3. The van der Waals surface area contributed by atoms with Crippen LogP contribution in [0.3, 0.4) is 0 Å². The van der Waals surface area contributed by atoms with E-state index in [1.165, 1.54) is 11.1 Å². The largest absolute Gasteiger partial charge is 0.274 e. The number of fused-ring (bicyclic) bond motifs is 1. The van der Waals surface area contributed by atoms with E-state index in [0.717, 1.165) is 24.8 Å². The van der Waals surface area contributed by atoms with Gasteiger partial charge in [-0.3, -0.25) is 9.69 Å². The van der Waals surface area contributed by atoms with E-state index >= 15 is 0 Å². The SMILES string of the molecule is Cc1ccc([C@H]2C[C@@H](c3ccccc3)n3ncnc3N2C(=O)C2CC2)cc1. The van der Waals surface area contributed by atoms with Gasteiger partial charge in [-0.1, -0.05) is 60.2 Å². The van der Waals surface area contributed by atoms with Gasteiger partial charge < -0.3 is 0 Å². The predicted molar refractivity (Wildman–Crippen MR) is 103 cm³/mol. The van der Waals surface area contributed by atoms with Crippen molar-refractivity contribution in [3.63, 3.8) is 0 Å². The Kier molecular flexibility index (Phi) is 3.81. The standard InChI is InChI=1S/C22H22N4O/c1-15-7-9-17(10-8-15)19-13-20(16-5-3-2-4-6-16)26-22(23-14-24-26)25(19)21(27)18-11-12-18/h2-10,14,18-20H,11-13H2,1H3/t19-,20+/m1/s1. The fourth-order valence-corrected chi connectivity index (χ4v) is 4.00. The molecule has 3 aromatic rings. The van der Waals surface area contributed by atoms with Crippen molar-refractivity contribution in [2.75, 3.05) is 4.90 Å². The summed E-state index contributed by atoms with van der Waals surface area (Å²) in [7, 11) is 0. The van der Waals surface area contributed by atoms with Crippen molar-refractivity contribution in [3.05, 3.63) is 77.6 Å². The van der Waals surface area contributed by atoms with Gasteiger partial charge >= 0.3 is 0 Å². The molecule has 1 aromatic heterocycles. The van der Waals surface area contributed by atoms with Crippen LogP contribution in [-0.2, 0) is 4.79 Å². The minimum atomic E-state index is -0.0272. The Labute approximate surface area is 158 Å². The van der Waals surface area contributed by atoms with Gasteiger partial charge in [0.25, 0.3) is 0 Å². The van der Waals surface area contributed by atoms with Crippen LogP contribution in [-0.4, -0.2) is 20.7 Å². The first-order valence-electron chi connectivity index (χ1n) is 9.56. The average molecular weight is 358 g/mol. The summed E-state index contributed by atoms with van der Waals surface area (Å²) in [6.45, 7) is 2.08. The Morgan fingerprint density at radius 2 is 1.67 bits per heavy atom. The second kappa shape index (κ2) is 6.34. The summed E-state index contributed by atoms with van der Waals surface area (Å²) in [5, 5.41) is 4.48. The molecule has 0 unspecified atom stereocenters. The number of benzene rings is 2. The molecule has 1 fully saturated rings. The second-order valence-corrected chi connectivity index (χ2v) is 7.58. The molecule has 1 aliphatic carbocycles. The minimum Gasteiger partial charge on any atom is -0.274 e. The Hall–Kier alpha value is -2.95. The van der Waals surface area contributed by atoms with Crippen LogP contribution in [0.2, 0.25) is 0 Å². The van der Waals surface area contributed by atoms with Gasteiger partial charge in [-0.25, -0.2) is 4.68 Å². The van der Waals surface area contributed by atoms with Crippen molar-refractivity contribution in [1.82, 2.24) is 14.8 Å². The van der Waals surface area contributed by atoms with Crippen LogP contribution in [0.25, 0.3) is 0 Å². The number of rotatable bonds is 3. The van der Waals surface area contributed by atoms with Crippen LogP contribution in [0.5, 0.6) is 0 Å². The van der Waals surface area contributed by atoms with E-state index in [9.17, 15) is 4.79 Å². The highest BCUT2D eigenvalue weighted by Crippen LogP contribution is 2.44. The molecule has 2 heterocycles. The summed E-state index contributed by atoms with van der Waals surface area (Å²) >= 11 is 0. The summed E-state index contributed by atoms with van der Waals surface area (Å²) in [5.74, 6) is 0.982. The van der Waals surface area contributed by atoms with Gasteiger partial charge in [-0.15, -0.1) is 0 Å². The average Bonchev–Trinajstić information content (AvgIpc) is 3.44. The molecular weight excluding hydrogens is 336 g/mol. The first kappa shape index (κ1) is 16.2. The molecule has 5 rings (SSSR count). The van der Waals surface area contributed by atoms with Crippen LogP contribution in [0.1, 0.15) is 48.0 Å². The number of anilines is 1. The van der Waals surface area contributed by atoms with Gasteiger partial charge in [-0.05, 0) is 37.3 Å². The first-order chi connectivity index (χ1) is 13.2. The fourth-order valence-electron chi connectivity index (χ4n) is 4.00. The monoisotopic (exact) mass is 358 g/mol. The highest BCUT2D eigenvalue weighted by molar-refractivity contribution is 5.96. The summed E-state index contributed by atoms with van der Waals surface area (Å²) < 4.78 is 1.92. The van der Waals surface area contributed by atoms with E-state index in [4.69, 9.17) is 0 Å². The summed E-state index contributed by atoms with van der Waals surface area (Å²) in [6.07, 6.45) is 4.32. The Morgan fingerprint density at radius 1 is 0.963 bits per heavy atom. The normalized spacial score (nSPS) is 21.7. The van der Waals surface area contributed by atoms with Crippen molar-refractivity contribution in [2.45, 2.75) is 38.3 Å². The van der Waals surface area contributed by atoms with Crippen molar-refractivity contribution in [2.24, 2.45) is 5.92 Å². The number of amides is 1. The van der Waals surface area contributed by atoms with Crippen LogP contribution >= 0.6 is 0 Å². The third kappa shape index (κ3) is 2.83. The van der Waals surface area contributed by atoms with E-state index in [2.05, 4.69) is 65.5 Å². The van der Waals surface area contributed by atoms with Crippen LogP contribution < -0.4 is 4.90 Å². The van der Waals surface area contributed by atoms with Gasteiger partial charge in [0, 0.05) is 5.92 Å². The molecule has 27 heavy (non-hydrogen) atoms. The number of hydrogen-bond acceptors (Lipinski definition) is 3. The van der Waals surface area contributed by atoms with Gasteiger partial charge in [0.15, 0.2) is 0 Å². The van der Waals surface area contributed by atoms with Crippen molar-refractivity contribution >= 4 is 11.9 Å². The number of hydrogen-bond donors (Lipinski definition) is 0. The molecule has 0 saturated heterocycles. The molecule has 2 aromatic carbocycles. The molecule has 5 nitrogen and oxygen atoms in total. The summed E-state index contributed by atoms with van der Waals surface area (Å²) in [5.41, 5.74) is 3.57. The maximum Gasteiger partial charge on any atom is 0.233 e. The topological polar surface area (TPSA) is 51.0 Å². The first-order valence-corrected chi connectivity index (χ1v) is 9.56. The van der Waals surface area contributed by atoms with E-state index < -0.39 is 0 Å². The quantitative estimate of drug-likeness (QED) is 0.709. The van der Waals surface area contributed by atoms with E-state index in [0.29, 0.717) is 5.95 Å². The molecule has 5 heteroatoms. The molecule has 0 radical (unpaired) electrons. The highest BCUT2D eigenvalue weighted by Gasteiger charge is 2.44. The molecule has 2 atom stereocenters. The maximum absolute atomic E-state index is 13.2. The van der Waals surface area contributed by atoms with E-state index in [-0.39, 0.29) is 23.9 Å². The molecule has 136 valence electrons. The lowest BCUT2D eigenvalue weighted by molar-refractivity contribution is -0.120. The van der Waals surface area contributed by atoms with Gasteiger partial charge in [0.2, 0.25) is 11.9 Å². The predicted octanol–water partition coefficient (Wildman–Crippen LogP) is 4.06. The third-order valence-corrected chi connectivity index (χ3v) is 5.63. The lowest BCUT2D eigenvalue weighted by Crippen LogP contribution is -2.43. The number of carbonyl (C=O) groups excluding carboxylic acids is 1. The van der Waals surface area contributed by atoms with Crippen LogP contribution in [0.4, 0.5) is 5.95 Å². The molecule has 0 N–H and O–H groups in total. The summed E-state index contributed by atoms with van der Waals surface area (Å²) in [6, 6.07) is 18.9. The molecule has 1 aliphatic heterocycles. The maximum atomic E-state index is 13.2. The Morgan fingerprint density at radius 3 is 2.37 bits per heavy atom. The van der Waals surface area contributed by atoms with Crippen molar-refractivity contribution in [3.8, 4) is 0 Å². The lowest BCUT2D eigenvalue weighted by Gasteiger charge is -2.39. The Balaban J connectivity index is 1.63. The highest BCUT2D eigenvalue weighted by atomic mass is 16.2. The number of aryl methyl sites for hydroxylation is 1. The van der Waals surface area contributed by atoms with E-state index in [1.807, 2.05) is 15.6 Å². The summed E-state index contributed by atoms with van der Waals surface area (Å²) in [4.78, 5) is 19.6. The van der Waals surface area contributed by atoms with Gasteiger partial charge in [-0.2, -0.15) is 10.1 Å². The molecule has 1 amide bonds. The molecule has 0 bridgehead atoms. The fraction of sp³-hybridized carbons (Fsp3) is 0.318. The zero-order valence-electron chi connectivity index (χ0n) is 15.3. The van der Waals surface area contributed by atoms with Crippen LogP contribution in [0.15, 0.2) is 60.9 Å². The van der Waals surface area contributed by atoms with Crippen molar-refractivity contribution < 1.29 is 4.79 Å². The van der Waals surface area contributed by atoms with E-state index in [1.54, 1.807) is 6.33 Å². The minimum absolute atomic E-state index is 0.0272. The van der Waals surface area contributed by atoms with Gasteiger partial charge in [0.05, 0.1) is 12.1 Å². The lowest BCUT2D eigenvalue weighted by atomic mass is 9.91. The molecule has 1 saturated carbocycles. The van der Waals surface area contributed by atoms with Crippen LogP contribution in [0, 0.1) is 12.8 Å². The molecule has 2 aliphatic rings.